The molecule has 1 N–H and O–H groups in total. The maximum atomic E-state index is 12.9. The number of benzene rings is 3. The molecule has 0 atom stereocenters. The lowest BCUT2D eigenvalue weighted by atomic mass is 10.2. The largest absolute Gasteiger partial charge is 0.489 e. The highest BCUT2D eigenvalue weighted by Crippen LogP contribution is 2.17. The van der Waals surface area contributed by atoms with Crippen LogP contribution in [0.4, 0.5) is 10.1 Å². The number of anilines is 1. The first-order valence-electron chi connectivity index (χ1n) is 9.57. The van der Waals surface area contributed by atoms with Crippen LogP contribution in [0.5, 0.6) is 5.75 Å². The standard InChI is InChI=1S/C23H23FN2O4S/c1-31(28,29)26(21-5-3-2-4-6-21)16-23(27)25-15-18-9-13-22(14-10-18)30-17-19-7-11-20(24)12-8-19/h2-14H,15-17H2,1H3,(H,25,27). The Kier molecular flexibility index (Phi) is 7.25. The smallest absolute Gasteiger partial charge is 0.241 e. The fourth-order valence-electron chi connectivity index (χ4n) is 2.83. The second kappa shape index (κ2) is 10.1. The number of hydrogen-bond acceptors (Lipinski definition) is 4. The zero-order valence-corrected chi connectivity index (χ0v) is 17.8. The molecule has 162 valence electrons. The van der Waals surface area contributed by atoms with Gasteiger partial charge in [0, 0.05) is 6.54 Å². The average Bonchev–Trinajstić information content (AvgIpc) is 2.76. The normalized spacial score (nSPS) is 11.0. The van der Waals surface area contributed by atoms with E-state index in [0.29, 0.717) is 18.0 Å². The molecule has 3 rings (SSSR count). The predicted octanol–water partition coefficient (Wildman–Crippen LogP) is 3.49. The molecule has 0 aliphatic rings. The van der Waals surface area contributed by atoms with E-state index in [1.807, 2.05) is 12.1 Å². The van der Waals surface area contributed by atoms with E-state index in [9.17, 15) is 17.6 Å². The maximum Gasteiger partial charge on any atom is 0.241 e. The Morgan fingerprint density at radius 3 is 2.16 bits per heavy atom. The van der Waals surface area contributed by atoms with Crippen molar-refractivity contribution in [1.82, 2.24) is 5.32 Å². The van der Waals surface area contributed by atoms with Gasteiger partial charge in [0.1, 0.15) is 24.7 Å². The van der Waals surface area contributed by atoms with Crippen molar-refractivity contribution < 1.29 is 22.3 Å². The zero-order valence-electron chi connectivity index (χ0n) is 17.0. The highest BCUT2D eigenvalue weighted by molar-refractivity contribution is 7.92. The number of nitrogens with one attached hydrogen (secondary N) is 1. The fourth-order valence-corrected chi connectivity index (χ4v) is 3.69. The molecular formula is C23H23FN2O4S. The number of para-hydroxylation sites is 1. The molecule has 8 heteroatoms. The minimum atomic E-state index is -3.60. The van der Waals surface area contributed by atoms with Gasteiger partial charge in [0.25, 0.3) is 0 Å². The van der Waals surface area contributed by atoms with Crippen LogP contribution in [-0.4, -0.2) is 27.1 Å². The van der Waals surface area contributed by atoms with Gasteiger partial charge in [-0.15, -0.1) is 0 Å². The van der Waals surface area contributed by atoms with E-state index in [-0.39, 0.29) is 18.9 Å². The summed E-state index contributed by atoms with van der Waals surface area (Å²) >= 11 is 0. The number of amides is 1. The van der Waals surface area contributed by atoms with Crippen LogP contribution in [0.15, 0.2) is 78.9 Å². The number of ether oxygens (including phenoxy) is 1. The lowest BCUT2D eigenvalue weighted by Gasteiger charge is -2.21. The van der Waals surface area contributed by atoms with Crippen molar-refractivity contribution in [2.24, 2.45) is 0 Å². The molecule has 0 aliphatic heterocycles. The van der Waals surface area contributed by atoms with Gasteiger partial charge < -0.3 is 10.1 Å². The van der Waals surface area contributed by atoms with Gasteiger partial charge in [0.05, 0.1) is 11.9 Å². The number of halogens is 1. The van der Waals surface area contributed by atoms with Gasteiger partial charge in [-0.2, -0.15) is 0 Å². The van der Waals surface area contributed by atoms with E-state index in [4.69, 9.17) is 4.74 Å². The van der Waals surface area contributed by atoms with Crippen molar-refractivity contribution in [1.29, 1.82) is 0 Å². The highest BCUT2D eigenvalue weighted by Gasteiger charge is 2.20. The molecule has 0 spiro atoms. The topological polar surface area (TPSA) is 75.7 Å². The van der Waals surface area contributed by atoms with Crippen LogP contribution in [0.3, 0.4) is 0 Å². The number of carbonyl (C=O) groups excluding carboxylic acids is 1. The summed E-state index contributed by atoms with van der Waals surface area (Å²) in [4.78, 5) is 12.3. The van der Waals surface area contributed by atoms with E-state index in [1.165, 1.54) is 12.1 Å². The average molecular weight is 443 g/mol. The molecule has 0 unspecified atom stereocenters. The van der Waals surface area contributed by atoms with E-state index in [0.717, 1.165) is 21.7 Å². The summed E-state index contributed by atoms with van der Waals surface area (Å²) in [6, 6.07) is 21.7. The summed E-state index contributed by atoms with van der Waals surface area (Å²) < 4.78 is 43.8. The first-order valence-corrected chi connectivity index (χ1v) is 11.4. The second-order valence-corrected chi connectivity index (χ2v) is 8.85. The Labute approximate surface area is 181 Å². The van der Waals surface area contributed by atoms with Gasteiger partial charge in [-0.25, -0.2) is 12.8 Å². The predicted molar refractivity (Wildman–Crippen MR) is 118 cm³/mol. The Balaban J connectivity index is 1.52. The van der Waals surface area contributed by atoms with Crippen molar-refractivity contribution in [3.8, 4) is 5.75 Å². The summed E-state index contributed by atoms with van der Waals surface area (Å²) in [5, 5.41) is 2.73. The SMILES string of the molecule is CS(=O)(=O)N(CC(=O)NCc1ccc(OCc2ccc(F)cc2)cc1)c1ccccc1. The molecule has 3 aromatic carbocycles. The Hall–Kier alpha value is -3.39. The van der Waals surface area contributed by atoms with Gasteiger partial charge in [0.2, 0.25) is 15.9 Å². The van der Waals surface area contributed by atoms with Crippen LogP contribution in [0, 0.1) is 5.82 Å². The monoisotopic (exact) mass is 442 g/mol. The van der Waals surface area contributed by atoms with Gasteiger partial charge >= 0.3 is 0 Å². The number of hydrogen-bond donors (Lipinski definition) is 1. The third-order valence-electron chi connectivity index (χ3n) is 4.46. The molecule has 0 fully saturated rings. The molecule has 0 aromatic heterocycles. The van der Waals surface area contributed by atoms with Crippen molar-refractivity contribution in [2.45, 2.75) is 13.2 Å². The summed E-state index contributed by atoms with van der Waals surface area (Å²) in [5.41, 5.74) is 2.13. The van der Waals surface area contributed by atoms with Crippen molar-refractivity contribution in [2.75, 3.05) is 17.1 Å². The first-order chi connectivity index (χ1) is 14.8. The summed E-state index contributed by atoms with van der Waals surface area (Å²) in [5.74, 6) is -0.0591. The van der Waals surface area contributed by atoms with Crippen molar-refractivity contribution in [3.05, 3.63) is 95.8 Å². The lowest BCUT2D eigenvalue weighted by molar-refractivity contribution is -0.119. The van der Waals surface area contributed by atoms with E-state index in [2.05, 4.69) is 5.32 Å². The Morgan fingerprint density at radius 1 is 0.935 bits per heavy atom. The Bertz CT molecular complexity index is 1100. The van der Waals surface area contributed by atoms with Gasteiger partial charge in [-0.3, -0.25) is 9.10 Å². The quantitative estimate of drug-likeness (QED) is 0.551. The minimum absolute atomic E-state index is 0.253. The molecule has 0 saturated heterocycles. The molecule has 6 nitrogen and oxygen atoms in total. The first kappa shape index (κ1) is 22.3. The van der Waals surface area contributed by atoms with Crippen molar-refractivity contribution in [3.63, 3.8) is 0 Å². The van der Waals surface area contributed by atoms with Crippen LogP contribution < -0.4 is 14.4 Å². The van der Waals surface area contributed by atoms with E-state index < -0.39 is 15.9 Å². The van der Waals surface area contributed by atoms with E-state index >= 15 is 0 Å². The third-order valence-corrected chi connectivity index (χ3v) is 5.60. The summed E-state index contributed by atoms with van der Waals surface area (Å²) in [7, 11) is -3.60. The highest BCUT2D eigenvalue weighted by atomic mass is 32.2. The molecule has 0 radical (unpaired) electrons. The second-order valence-electron chi connectivity index (χ2n) is 6.94. The van der Waals surface area contributed by atoms with Gasteiger partial charge in [0.15, 0.2) is 0 Å². The minimum Gasteiger partial charge on any atom is -0.489 e. The Morgan fingerprint density at radius 2 is 1.55 bits per heavy atom. The molecule has 1 amide bonds. The molecule has 0 saturated carbocycles. The number of carbonyl (C=O) groups is 1. The number of sulfonamides is 1. The third kappa shape index (κ3) is 6.82. The molecular weight excluding hydrogens is 419 g/mol. The van der Waals surface area contributed by atoms with Crippen LogP contribution in [0.25, 0.3) is 0 Å². The molecule has 0 aliphatic carbocycles. The fraction of sp³-hybridized carbons (Fsp3) is 0.174. The maximum absolute atomic E-state index is 12.9. The molecule has 0 bridgehead atoms. The van der Waals surface area contributed by atoms with Crippen molar-refractivity contribution >= 4 is 21.6 Å². The van der Waals surface area contributed by atoms with Gasteiger partial charge in [-0.1, -0.05) is 42.5 Å². The van der Waals surface area contributed by atoms with Crippen LogP contribution >= 0.6 is 0 Å². The lowest BCUT2D eigenvalue weighted by Crippen LogP contribution is -2.40. The molecule has 0 heterocycles. The number of nitrogens with zero attached hydrogens (tertiary/aromatic N) is 1. The molecule has 31 heavy (non-hydrogen) atoms. The van der Waals surface area contributed by atoms with E-state index in [1.54, 1.807) is 54.6 Å². The summed E-state index contributed by atoms with van der Waals surface area (Å²) in [6.45, 7) is 0.266. The van der Waals surface area contributed by atoms with Gasteiger partial charge in [-0.05, 0) is 47.5 Å². The molecule has 3 aromatic rings. The zero-order chi connectivity index (χ0) is 22.3. The van der Waals surface area contributed by atoms with Crippen LogP contribution in [-0.2, 0) is 28.0 Å². The van der Waals surface area contributed by atoms with Crippen LogP contribution in [0.2, 0.25) is 0 Å². The van der Waals surface area contributed by atoms with Crippen LogP contribution in [0.1, 0.15) is 11.1 Å². The number of rotatable bonds is 9. The summed E-state index contributed by atoms with van der Waals surface area (Å²) in [6.07, 6.45) is 1.07.